The summed E-state index contributed by atoms with van der Waals surface area (Å²) in [5.74, 6) is 0.541. The number of benzene rings is 1. The molecule has 1 atom stereocenters. The van der Waals surface area contributed by atoms with Gasteiger partial charge in [0.2, 0.25) is 10.0 Å². The van der Waals surface area contributed by atoms with Crippen molar-refractivity contribution in [1.82, 2.24) is 9.71 Å². The summed E-state index contributed by atoms with van der Waals surface area (Å²) in [6.07, 6.45) is 1.53. The Morgan fingerprint density at radius 2 is 1.97 bits per heavy atom. The maximum atomic E-state index is 12.8. The first-order valence-electron chi connectivity index (χ1n) is 8.70. The average Bonchev–Trinajstić information content (AvgIpc) is 3.49. The molecule has 0 unspecified atom stereocenters. The third-order valence-corrected chi connectivity index (χ3v) is 7.65. The third kappa shape index (κ3) is 4.05. The van der Waals surface area contributed by atoms with E-state index in [4.69, 9.17) is 4.42 Å². The van der Waals surface area contributed by atoms with Crippen molar-refractivity contribution in [1.29, 1.82) is 0 Å². The lowest BCUT2D eigenvalue weighted by molar-refractivity contribution is 0.0903. The summed E-state index contributed by atoms with van der Waals surface area (Å²) >= 11 is 2.83. The highest BCUT2D eigenvalue weighted by Crippen LogP contribution is 2.34. The van der Waals surface area contributed by atoms with Crippen molar-refractivity contribution in [2.24, 2.45) is 0 Å². The summed E-state index contributed by atoms with van der Waals surface area (Å²) in [4.78, 5) is 5.02. The van der Waals surface area contributed by atoms with Crippen LogP contribution in [0.5, 0.6) is 0 Å². The van der Waals surface area contributed by atoms with Crippen LogP contribution in [0.25, 0.3) is 11.3 Å². The zero-order chi connectivity index (χ0) is 20.5. The highest BCUT2D eigenvalue weighted by atomic mass is 32.2. The monoisotopic (exact) mass is 446 g/mol. The molecule has 0 fully saturated rings. The lowest BCUT2D eigenvalue weighted by Crippen LogP contribution is -2.40. The summed E-state index contributed by atoms with van der Waals surface area (Å²) in [6.45, 7) is 1.57. The van der Waals surface area contributed by atoms with Crippen molar-refractivity contribution in [3.05, 3.63) is 81.2 Å². The van der Waals surface area contributed by atoms with Crippen molar-refractivity contribution < 1.29 is 17.9 Å². The molecule has 0 aliphatic rings. The van der Waals surface area contributed by atoms with Gasteiger partial charge >= 0.3 is 0 Å². The molecule has 0 bridgehead atoms. The molecule has 0 saturated carbocycles. The van der Waals surface area contributed by atoms with Crippen molar-refractivity contribution in [3.63, 3.8) is 0 Å². The van der Waals surface area contributed by atoms with Gasteiger partial charge in [-0.2, -0.15) is 11.3 Å². The highest BCUT2D eigenvalue weighted by Gasteiger charge is 2.34. The minimum atomic E-state index is -3.82. The number of sulfonamides is 1. The van der Waals surface area contributed by atoms with Crippen LogP contribution in [0.15, 0.2) is 74.2 Å². The van der Waals surface area contributed by atoms with Gasteiger partial charge in [0, 0.05) is 29.5 Å². The smallest absolute Gasteiger partial charge is 0.240 e. The lowest BCUT2D eigenvalue weighted by atomic mass is 9.95. The van der Waals surface area contributed by atoms with Crippen LogP contribution < -0.4 is 4.72 Å². The SMILES string of the molecule is Cc1nc(-c2ccc(S(=O)(=O)NC[C@@](O)(c3ccsc3)c3cccs3)cc2)co1. The van der Waals surface area contributed by atoms with Gasteiger partial charge in [-0.3, -0.25) is 0 Å². The number of hydrogen-bond donors (Lipinski definition) is 2. The molecular weight excluding hydrogens is 428 g/mol. The van der Waals surface area contributed by atoms with Gasteiger partial charge in [-0.15, -0.1) is 11.3 Å². The number of thiophene rings is 2. The molecule has 0 aliphatic heterocycles. The number of aromatic nitrogens is 1. The zero-order valence-corrected chi connectivity index (χ0v) is 17.9. The molecule has 9 heteroatoms. The Hall–Kier alpha value is -2.30. The van der Waals surface area contributed by atoms with Crippen LogP contribution >= 0.6 is 22.7 Å². The Morgan fingerprint density at radius 1 is 1.17 bits per heavy atom. The van der Waals surface area contributed by atoms with Crippen LogP contribution in [0, 0.1) is 6.92 Å². The third-order valence-electron chi connectivity index (χ3n) is 4.52. The minimum absolute atomic E-state index is 0.111. The second kappa shape index (κ2) is 7.85. The van der Waals surface area contributed by atoms with Gasteiger partial charge < -0.3 is 9.52 Å². The molecule has 4 rings (SSSR count). The number of rotatable bonds is 7. The molecule has 0 amide bonds. The first-order valence-corrected chi connectivity index (χ1v) is 12.0. The van der Waals surface area contributed by atoms with Crippen molar-refractivity contribution in [3.8, 4) is 11.3 Å². The van der Waals surface area contributed by atoms with Gasteiger partial charge in [0.1, 0.15) is 17.6 Å². The average molecular weight is 447 g/mol. The van der Waals surface area contributed by atoms with E-state index < -0.39 is 15.6 Å². The maximum absolute atomic E-state index is 12.8. The Labute approximate surface area is 176 Å². The Balaban J connectivity index is 1.56. The first kappa shape index (κ1) is 20.0. The van der Waals surface area contributed by atoms with Crippen molar-refractivity contribution in [2.75, 3.05) is 6.54 Å². The topological polar surface area (TPSA) is 92.4 Å². The van der Waals surface area contributed by atoms with E-state index in [2.05, 4.69) is 9.71 Å². The molecule has 0 radical (unpaired) electrons. The Morgan fingerprint density at radius 3 is 2.55 bits per heavy atom. The quantitative estimate of drug-likeness (QED) is 0.448. The number of aryl methyl sites for hydroxylation is 1. The predicted octanol–water partition coefficient (Wildman–Crippen LogP) is 3.99. The number of nitrogens with zero attached hydrogens (tertiary/aromatic N) is 1. The largest absolute Gasteiger partial charge is 0.449 e. The van der Waals surface area contributed by atoms with Crippen LogP contribution in [-0.4, -0.2) is 25.1 Å². The second-order valence-corrected chi connectivity index (χ2v) is 9.94. The predicted molar refractivity (Wildman–Crippen MR) is 114 cm³/mol. The molecule has 29 heavy (non-hydrogen) atoms. The number of aliphatic hydroxyl groups is 1. The fraction of sp³-hybridized carbons (Fsp3) is 0.150. The summed E-state index contributed by atoms with van der Waals surface area (Å²) in [6, 6.07) is 11.8. The maximum Gasteiger partial charge on any atom is 0.240 e. The van der Waals surface area contributed by atoms with Crippen molar-refractivity contribution >= 4 is 32.7 Å². The fourth-order valence-corrected chi connectivity index (χ4v) is 5.56. The normalized spacial score (nSPS) is 14.0. The summed E-state index contributed by atoms with van der Waals surface area (Å²) in [5.41, 5.74) is 0.627. The Kier molecular flexibility index (Phi) is 5.41. The van der Waals surface area contributed by atoms with E-state index in [1.165, 1.54) is 41.1 Å². The van der Waals surface area contributed by atoms with E-state index in [1.54, 1.807) is 31.2 Å². The minimum Gasteiger partial charge on any atom is -0.449 e. The molecule has 3 aromatic heterocycles. The molecule has 2 N–H and O–H groups in total. The second-order valence-electron chi connectivity index (χ2n) is 6.45. The number of oxazole rings is 1. The highest BCUT2D eigenvalue weighted by molar-refractivity contribution is 7.89. The standard InChI is InChI=1S/C20H18N2O4S3/c1-14-22-18(11-26-14)15-4-6-17(7-5-15)29(24,25)21-13-20(23,16-8-10-27-12-16)19-3-2-9-28-19/h2-12,21,23H,13H2,1H3/t20-/m1/s1. The molecule has 150 valence electrons. The lowest BCUT2D eigenvalue weighted by Gasteiger charge is -2.27. The molecule has 0 aliphatic carbocycles. The van der Waals surface area contributed by atoms with Crippen molar-refractivity contribution in [2.45, 2.75) is 17.4 Å². The molecule has 6 nitrogen and oxygen atoms in total. The molecular formula is C20H18N2O4S3. The summed E-state index contributed by atoms with van der Waals surface area (Å²) in [7, 11) is -3.82. The molecule has 3 heterocycles. The van der Waals surface area contributed by atoms with E-state index >= 15 is 0 Å². The van der Waals surface area contributed by atoms with Crippen LogP contribution in [0.3, 0.4) is 0 Å². The zero-order valence-electron chi connectivity index (χ0n) is 15.4. The van der Waals surface area contributed by atoms with Gasteiger partial charge in [-0.25, -0.2) is 18.1 Å². The van der Waals surface area contributed by atoms with Crippen LogP contribution in [0.4, 0.5) is 0 Å². The Bertz CT molecular complexity index is 1140. The number of hydrogen-bond acceptors (Lipinski definition) is 7. The molecule has 4 aromatic rings. The molecule has 0 saturated heterocycles. The summed E-state index contributed by atoms with van der Waals surface area (Å²) in [5, 5.41) is 16.8. The fourth-order valence-electron chi connectivity index (χ4n) is 2.93. The van der Waals surface area contributed by atoms with Gasteiger partial charge in [-0.05, 0) is 40.4 Å². The van der Waals surface area contributed by atoms with Gasteiger partial charge in [-0.1, -0.05) is 18.2 Å². The van der Waals surface area contributed by atoms with E-state index in [0.29, 0.717) is 22.0 Å². The van der Waals surface area contributed by atoms with E-state index in [0.717, 1.165) is 5.56 Å². The van der Waals surface area contributed by atoms with Gasteiger partial charge in [0.25, 0.3) is 0 Å². The van der Waals surface area contributed by atoms with Gasteiger partial charge in [0.05, 0.1) is 4.90 Å². The molecule has 0 spiro atoms. The van der Waals surface area contributed by atoms with Crippen LogP contribution in [0.1, 0.15) is 16.3 Å². The van der Waals surface area contributed by atoms with E-state index in [1.807, 2.05) is 22.2 Å². The molecule has 1 aromatic carbocycles. The van der Waals surface area contributed by atoms with E-state index in [9.17, 15) is 13.5 Å². The first-order chi connectivity index (χ1) is 13.9. The summed E-state index contributed by atoms with van der Waals surface area (Å²) < 4.78 is 33.4. The van der Waals surface area contributed by atoms with Crippen LogP contribution in [0.2, 0.25) is 0 Å². The number of nitrogens with one attached hydrogen (secondary N) is 1. The van der Waals surface area contributed by atoms with Crippen LogP contribution in [-0.2, 0) is 15.6 Å². The van der Waals surface area contributed by atoms with Gasteiger partial charge in [0.15, 0.2) is 5.89 Å². The van der Waals surface area contributed by atoms with E-state index in [-0.39, 0.29) is 11.4 Å².